The zero-order chi connectivity index (χ0) is 18.6. The van der Waals surface area contributed by atoms with Gasteiger partial charge in [0.05, 0.1) is 5.69 Å². The monoisotopic (exact) mass is 362 g/mol. The zero-order valence-corrected chi connectivity index (χ0v) is 15.8. The summed E-state index contributed by atoms with van der Waals surface area (Å²) in [6.07, 6.45) is 2.96. The molecule has 0 aliphatic carbocycles. The number of nitrogens with one attached hydrogen (secondary N) is 1. The van der Waals surface area contributed by atoms with Crippen molar-refractivity contribution >= 4 is 10.9 Å². The molecule has 0 atom stereocenters. The molecule has 0 saturated carbocycles. The van der Waals surface area contributed by atoms with Crippen LogP contribution in [0.1, 0.15) is 23.2 Å². The van der Waals surface area contributed by atoms with E-state index in [0.29, 0.717) is 6.54 Å². The summed E-state index contributed by atoms with van der Waals surface area (Å²) in [6, 6.07) is 14.3. The molecule has 0 spiro atoms. The van der Waals surface area contributed by atoms with Crippen LogP contribution in [0, 0.1) is 6.92 Å². The maximum Gasteiger partial charge on any atom is 0.252 e. The number of nitrogens with zero attached hydrogens (tertiary/aromatic N) is 3. The lowest BCUT2D eigenvalue weighted by molar-refractivity contribution is 0.245. The molecule has 5 nitrogen and oxygen atoms in total. The first kappa shape index (κ1) is 17.9. The number of aromatic nitrogens is 2. The number of aromatic amines is 1. The Balaban J connectivity index is 1.43. The first-order valence-electron chi connectivity index (χ1n) is 9.64. The van der Waals surface area contributed by atoms with Crippen molar-refractivity contribution in [1.82, 2.24) is 19.8 Å². The van der Waals surface area contributed by atoms with E-state index in [1.807, 2.05) is 30.5 Å². The van der Waals surface area contributed by atoms with Gasteiger partial charge in [-0.05, 0) is 62.2 Å². The van der Waals surface area contributed by atoms with Crippen LogP contribution in [-0.2, 0) is 13.1 Å². The maximum atomic E-state index is 12.5. The molecular weight excluding hydrogens is 336 g/mol. The van der Waals surface area contributed by atoms with Crippen molar-refractivity contribution in [2.24, 2.45) is 0 Å². The minimum absolute atomic E-state index is 0.0286. The molecule has 0 amide bonds. The molecule has 2 aromatic heterocycles. The first-order valence-corrected chi connectivity index (χ1v) is 9.64. The summed E-state index contributed by atoms with van der Waals surface area (Å²) in [5.41, 5.74) is 4.12. The van der Waals surface area contributed by atoms with E-state index in [-0.39, 0.29) is 5.56 Å². The number of fused-ring (bicyclic) bond motifs is 1. The summed E-state index contributed by atoms with van der Waals surface area (Å²) >= 11 is 0. The fourth-order valence-electron chi connectivity index (χ4n) is 3.79. The lowest BCUT2D eigenvalue weighted by Crippen LogP contribution is -2.32. The van der Waals surface area contributed by atoms with Gasteiger partial charge in [-0.3, -0.25) is 19.6 Å². The van der Waals surface area contributed by atoms with Crippen LogP contribution in [0.5, 0.6) is 0 Å². The highest BCUT2D eigenvalue weighted by Gasteiger charge is 2.17. The summed E-state index contributed by atoms with van der Waals surface area (Å²) in [4.78, 5) is 24.8. The smallest absolute Gasteiger partial charge is 0.252 e. The number of hydrogen-bond acceptors (Lipinski definition) is 4. The van der Waals surface area contributed by atoms with Crippen LogP contribution in [-0.4, -0.2) is 45.9 Å². The number of hydrogen-bond donors (Lipinski definition) is 1. The molecule has 3 aromatic rings. The Morgan fingerprint density at radius 3 is 2.59 bits per heavy atom. The Morgan fingerprint density at radius 1 is 1.00 bits per heavy atom. The van der Waals surface area contributed by atoms with Gasteiger partial charge in [-0.1, -0.05) is 17.7 Å². The van der Waals surface area contributed by atoms with Crippen LogP contribution < -0.4 is 5.56 Å². The third-order valence-corrected chi connectivity index (χ3v) is 5.26. The van der Waals surface area contributed by atoms with Gasteiger partial charge in [0, 0.05) is 43.5 Å². The van der Waals surface area contributed by atoms with Crippen molar-refractivity contribution in [3.05, 3.63) is 75.8 Å². The molecule has 1 saturated heterocycles. The lowest BCUT2D eigenvalue weighted by Gasteiger charge is -2.21. The number of aryl methyl sites for hydroxylation is 1. The number of H-pyrrole nitrogens is 1. The van der Waals surface area contributed by atoms with Gasteiger partial charge < -0.3 is 4.98 Å². The molecule has 1 N–H and O–H groups in total. The number of rotatable bonds is 4. The molecule has 1 aliphatic rings. The number of pyridine rings is 2. The van der Waals surface area contributed by atoms with E-state index < -0.39 is 0 Å². The van der Waals surface area contributed by atoms with Gasteiger partial charge in [0.15, 0.2) is 0 Å². The van der Waals surface area contributed by atoms with Crippen molar-refractivity contribution in [3.63, 3.8) is 0 Å². The summed E-state index contributed by atoms with van der Waals surface area (Å²) in [6.45, 7) is 7.74. The third-order valence-electron chi connectivity index (χ3n) is 5.26. The quantitative estimate of drug-likeness (QED) is 0.775. The Hall–Kier alpha value is -2.50. The summed E-state index contributed by atoms with van der Waals surface area (Å²) in [5.74, 6) is 0. The van der Waals surface area contributed by atoms with Crippen LogP contribution in [0.4, 0.5) is 0 Å². The van der Waals surface area contributed by atoms with Gasteiger partial charge in [0.1, 0.15) is 0 Å². The summed E-state index contributed by atoms with van der Waals surface area (Å²) in [5, 5.41) is 1.11. The molecule has 4 rings (SSSR count). The average Bonchev–Trinajstić information content (AvgIpc) is 2.89. The third kappa shape index (κ3) is 4.43. The average molecular weight is 362 g/mol. The van der Waals surface area contributed by atoms with Crippen molar-refractivity contribution in [1.29, 1.82) is 0 Å². The molecule has 3 heterocycles. The highest BCUT2D eigenvalue weighted by atomic mass is 16.1. The Labute approximate surface area is 159 Å². The van der Waals surface area contributed by atoms with Crippen molar-refractivity contribution in [2.45, 2.75) is 26.4 Å². The van der Waals surface area contributed by atoms with E-state index in [1.165, 1.54) is 5.56 Å². The van der Waals surface area contributed by atoms with Gasteiger partial charge in [0.25, 0.3) is 5.56 Å². The minimum atomic E-state index is 0.0286. The Kier molecular flexibility index (Phi) is 5.32. The molecule has 1 aliphatic heterocycles. The lowest BCUT2D eigenvalue weighted by atomic mass is 10.1. The fraction of sp³-hybridized carbons (Fsp3) is 0.364. The highest BCUT2D eigenvalue weighted by molar-refractivity contribution is 5.79. The Bertz CT molecular complexity index is 967. The molecule has 1 fully saturated rings. The normalized spacial score (nSPS) is 16.5. The largest absolute Gasteiger partial charge is 0.322 e. The second-order valence-corrected chi connectivity index (χ2v) is 7.44. The molecule has 140 valence electrons. The predicted molar refractivity (Wildman–Crippen MR) is 109 cm³/mol. The minimum Gasteiger partial charge on any atom is -0.322 e. The van der Waals surface area contributed by atoms with Gasteiger partial charge in [-0.25, -0.2) is 0 Å². The second kappa shape index (κ2) is 8.03. The van der Waals surface area contributed by atoms with E-state index in [1.54, 1.807) is 0 Å². The summed E-state index contributed by atoms with van der Waals surface area (Å²) in [7, 11) is 0. The van der Waals surface area contributed by atoms with Gasteiger partial charge in [-0.2, -0.15) is 0 Å². The van der Waals surface area contributed by atoms with E-state index in [4.69, 9.17) is 0 Å². The van der Waals surface area contributed by atoms with Crippen molar-refractivity contribution in [3.8, 4) is 0 Å². The SMILES string of the molecule is Cc1ccc2[nH]c(=O)c(CN3CCCN(Cc4ccccn4)CC3)cc2c1. The molecule has 0 bridgehead atoms. The summed E-state index contributed by atoms with van der Waals surface area (Å²) < 4.78 is 0. The van der Waals surface area contributed by atoms with Crippen molar-refractivity contribution < 1.29 is 0 Å². The van der Waals surface area contributed by atoms with Crippen LogP contribution in [0.25, 0.3) is 10.9 Å². The van der Waals surface area contributed by atoms with Crippen LogP contribution in [0.15, 0.2) is 53.5 Å². The van der Waals surface area contributed by atoms with Gasteiger partial charge >= 0.3 is 0 Å². The van der Waals surface area contributed by atoms with E-state index in [2.05, 4.69) is 44.9 Å². The standard InChI is InChI=1S/C22H26N4O/c1-17-6-7-21-18(13-17)14-19(22(27)24-21)15-25-9-4-10-26(12-11-25)16-20-5-2-3-8-23-20/h2-3,5-8,13-14H,4,9-12,15-16H2,1H3,(H,24,27). The molecule has 0 radical (unpaired) electrons. The Morgan fingerprint density at radius 2 is 1.81 bits per heavy atom. The number of benzene rings is 1. The highest BCUT2D eigenvalue weighted by Crippen LogP contribution is 2.15. The van der Waals surface area contributed by atoms with E-state index >= 15 is 0 Å². The van der Waals surface area contributed by atoms with Crippen molar-refractivity contribution in [2.75, 3.05) is 26.2 Å². The molecule has 0 unspecified atom stereocenters. The molecule has 5 heteroatoms. The zero-order valence-electron chi connectivity index (χ0n) is 15.8. The maximum absolute atomic E-state index is 12.5. The molecule has 27 heavy (non-hydrogen) atoms. The van der Waals surface area contributed by atoms with E-state index in [9.17, 15) is 4.79 Å². The second-order valence-electron chi connectivity index (χ2n) is 7.44. The van der Waals surface area contributed by atoms with E-state index in [0.717, 1.165) is 61.3 Å². The fourth-order valence-corrected chi connectivity index (χ4v) is 3.79. The van der Waals surface area contributed by atoms with Gasteiger partial charge in [0.2, 0.25) is 0 Å². The molecule has 1 aromatic carbocycles. The van der Waals surface area contributed by atoms with Crippen LogP contribution >= 0.6 is 0 Å². The molecular formula is C22H26N4O. The first-order chi connectivity index (χ1) is 13.2. The van der Waals surface area contributed by atoms with Gasteiger partial charge in [-0.15, -0.1) is 0 Å². The predicted octanol–water partition coefficient (Wildman–Crippen LogP) is 2.94. The van der Waals surface area contributed by atoms with Crippen LogP contribution in [0.3, 0.4) is 0 Å². The topological polar surface area (TPSA) is 52.2 Å². The van der Waals surface area contributed by atoms with Crippen LogP contribution in [0.2, 0.25) is 0 Å².